The first kappa shape index (κ1) is 17.6. The van der Waals surface area contributed by atoms with Crippen LogP contribution >= 0.6 is 0 Å². The van der Waals surface area contributed by atoms with Crippen LogP contribution in [0, 0.1) is 0 Å². The number of fused-ring (bicyclic) bond motifs is 1. The molecule has 0 saturated heterocycles. The van der Waals surface area contributed by atoms with Crippen molar-refractivity contribution in [2.75, 3.05) is 24.2 Å². The highest BCUT2D eigenvalue weighted by Crippen LogP contribution is 2.29. The first-order valence-electron chi connectivity index (χ1n) is 8.28. The number of carbonyl (C=O) groups excluding carboxylic acids is 1. The Hall–Kier alpha value is -2.18. The minimum absolute atomic E-state index is 0.163. The lowest BCUT2D eigenvalue weighted by Gasteiger charge is -2.28. The smallest absolute Gasteiger partial charge is 0.242 e. The summed E-state index contributed by atoms with van der Waals surface area (Å²) in [6.07, 6.45) is 1.95. The molecule has 1 amide bonds. The summed E-state index contributed by atoms with van der Waals surface area (Å²) in [4.78, 5) is 14.5. The van der Waals surface area contributed by atoms with Gasteiger partial charge in [-0.25, -0.2) is 8.42 Å². The molecular formula is C19H22N2O3S. The van der Waals surface area contributed by atoms with Crippen molar-refractivity contribution < 1.29 is 13.2 Å². The summed E-state index contributed by atoms with van der Waals surface area (Å²) in [6, 6.07) is 16.7. The molecule has 1 aliphatic rings. The van der Waals surface area contributed by atoms with E-state index in [4.69, 9.17) is 0 Å². The van der Waals surface area contributed by atoms with Crippen LogP contribution in [-0.2, 0) is 21.2 Å². The van der Waals surface area contributed by atoms with Crippen LogP contribution in [0.1, 0.15) is 24.1 Å². The molecule has 0 spiro atoms. The predicted octanol–water partition coefficient (Wildman–Crippen LogP) is 2.60. The third kappa shape index (κ3) is 3.75. The normalized spacial score (nSPS) is 15.2. The summed E-state index contributed by atoms with van der Waals surface area (Å²) < 4.78 is 25.9. The Morgan fingerprint density at radius 1 is 1.12 bits per heavy atom. The van der Waals surface area contributed by atoms with Gasteiger partial charge in [-0.2, -0.15) is 4.31 Å². The fourth-order valence-electron chi connectivity index (χ4n) is 3.26. The molecule has 2 aromatic rings. The molecule has 0 radical (unpaired) electrons. The zero-order chi connectivity index (χ0) is 18.0. The van der Waals surface area contributed by atoms with Crippen molar-refractivity contribution in [3.8, 4) is 0 Å². The number of para-hydroxylation sites is 1. The molecule has 25 heavy (non-hydrogen) atoms. The van der Waals surface area contributed by atoms with E-state index >= 15 is 0 Å². The summed E-state index contributed by atoms with van der Waals surface area (Å²) >= 11 is 0. The van der Waals surface area contributed by atoms with Gasteiger partial charge in [0.15, 0.2) is 0 Å². The minimum Gasteiger partial charge on any atom is -0.311 e. The van der Waals surface area contributed by atoms with Crippen LogP contribution in [0.5, 0.6) is 0 Å². The second-order valence-electron chi connectivity index (χ2n) is 6.32. The number of sulfonamides is 1. The first-order valence-corrected chi connectivity index (χ1v) is 10.1. The standard InChI is InChI=1S/C19H22N2O3S/c1-15(16-8-4-3-5-9-16)21(25(2,23)24)14-19(22)20-13-12-17-10-6-7-11-18(17)20/h3-11,15H,12-14H2,1-2H3. The van der Waals surface area contributed by atoms with Crippen LogP contribution in [0.25, 0.3) is 0 Å². The topological polar surface area (TPSA) is 57.7 Å². The van der Waals surface area contributed by atoms with Crippen molar-refractivity contribution in [3.63, 3.8) is 0 Å². The maximum Gasteiger partial charge on any atom is 0.242 e. The predicted molar refractivity (Wildman–Crippen MR) is 98.9 cm³/mol. The van der Waals surface area contributed by atoms with E-state index in [0.717, 1.165) is 29.5 Å². The molecule has 1 unspecified atom stereocenters. The molecule has 0 N–H and O–H groups in total. The van der Waals surface area contributed by atoms with E-state index in [2.05, 4.69) is 0 Å². The first-order chi connectivity index (χ1) is 11.9. The van der Waals surface area contributed by atoms with Gasteiger partial charge in [-0.05, 0) is 30.5 Å². The molecule has 1 heterocycles. The van der Waals surface area contributed by atoms with Gasteiger partial charge in [0.25, 0.3) is 0 Å². The number of carbonyl (C=O) groups is 1. The number of nitrogens with zero attached hydrogens (tertiary/aromatic N) is 2. The molecule has 0 fully saturated rings. The fourth-order valence-corrected chi connectivity index (χ4v) is 4.30. The van der Waals surface area contributed by atoms with Crippen molar-refractivity contribution in [2.24, 2.45) is 0 Å². The highest BCUT2D eigenvalue weighted by Gasteiger charge is 2.31. The van der Waals surface area contributed by atoms with E-state index in [1.807, 2.05) is 61.5 Å². The van der Waals surface area contributed by atoms with E-state index in [0.29, 0.717) is 6.54 Å². The molecule has 6 heteroatoms. The molecule has 0 saturated carbocycles. The van der Waals surface area contributed by atoms with Gasteiger partial charge in [-0.1, -0.05) is 48.5 Å². The Kier molecular flexibility index (Phi) is 4.92. The molecule has 0 aromatic heterocycles. The molecular weight excluding hydrogens is 336 g/mol. The molecule has 0 bridgehead atoms. The van der Waals surface area contributed by atoms with Crippen LogP contribution in [0.4, 0.5) is 5.69 Å². The molecule has 0 aliphatic carbocycles. The molecule has 132 valence electrons. The van der Waals surface area contributed by atoms with Crippen molar-refractivity contribution in [3.05, 3.63) is 65.7 Å². The maximum absolute atomic E-state index is 12.8. The summed E-state index contributed by atoms with van der Waals surface area (Å²) in [6.45, 7) is 2.24. The number of benzene rings is 2. The Labute approximate surface area is 148 Å². The number of hydrogen-bond donors (Lipinski definition) is 0. The van der Waals surface area contributed by atoms with Crippen LogP contribution in [0.2, 0.25) is 0 Å². The van der Waals surface area contributed by atoms with E-state index in [-0.39, 0.29) is 12.5 Å². The van der Waals surface area contributed by atoms with E-state index < -0.39 is 16.1 Å². The molecule has 2 aromatic carbocycles. The van der Waals surface area contributed by atoms with Gasteiger partial charge in [0.1, 0.15) is 0 Å². The number of rotatable bonds is 5. The van der Waals surface area contributed by atoms with Gasteiger partial charge in [-0.15, -0.1) is 0 Å². The molecule has 5 nitrogen and oxygen atoms in total. The number of amides is 1. The van der Waals surface area contributed by atoms with Gasteiger partial charge in [0.2, 0.25) is 15.9 Å². The Balaban J connectivity index is 1.83. The van der Waals surface area contributed by atoms with Crippen molar-refractivity contribution in [1.82, 2.24) is 4.31 Å². The molecule has 1 aliphatic heterocycles. The third-order valence-corrected chi connectivity index (χ3v) is 5.92. The summed E-state index contributed by atoms with van der Waals surface area (Å²) in [5.41, 5.74) is 2.87. The van der Waals surface area contributed by atoms with Gasteiger partial charge >= 0.3 is 0 Å². The SMILES string of the molecule is CC(c1ccccc1)N(CC(=O)N1CCc2ccccc21)S(C)(=O)=O. The average Bonchev–Trinajstić information content (AvgIpc) is 3.03. The van der Waals surface area contributed by atoms with E-state index in [1.54, 1.807) is 4.90 Å². The minimum atomic E-state index is -3.53. The van der Waals surface area contributed by atoms with Gasteiger partial charge in [0.05, 0.1) is 12.8 Å². The summed E-state index contributed by atoms with van der Waals surface area (Å²) in [5.74, 6) is -0.196. The Bertz CT molecular complexity index is 865. The second kappa shape index (κ2) is 6.98. The largest absolute Gasteiger partial charge is 0.311 e. The quantitative estimate of drug-likeness (QED) is 0.825. The van der Waals surface area contributed by atoms with Gasteiger partial charge in [0, 0.05) is 18.3 Å². The lowest BCUT2D eigenvalue weighted by molar-refractivity contribution is -0.119. The monoisotopic (exact) mass is 358 g/mol. The van der Waals surface area contributed by atoms with Crippen LogP contribution in [0.15, 0.2) is 54.6 Å². The second-order valence-corrected chi connectivity index (χ2v) is 8.25. The lowest BCUT2D eigenvalue weighted by Crippen LogP contribution is -2.43. The van der Waals surface area contributed by atoms with Crippen LogP contribution in [0.3, 0.4) is 0 Å². The van der Waals surface area contributed by atoms with Crippen LogP contribution < -0.4 is 4.90 Å². The Morgan fingerprint density at radius 3 is 2.44 bits per heavy atom. The van der Waals surface area contributed by atoms with Crippen molar-refractivity contribution in [2.45, 2.75) is 19.4 Å². The fraction of sp³-hybridized carbons (Fsp3) is 0.316. The average molecular weight is 358 g/mol. The summed E-state index contributed by atoms with van der Waals surface area (Å²) in [5, 5.41) is 0. The van der Waals surface area contributed by atoms with Gasteiger partial charge < -0.3 is 4.90 Å². The highest BCUT2D eigenvalue weighted by molar-refractivity contribution is 7.88. The Morgan fingerprint density at radius 2 is 1.76 bits per heavy atom. The van der Waals surface area contributed by atoms with Crippen molar-refractivity contribution in [1.29, 1.82) is 0 Å². The lowest BCUT2D eigenvalue weighted by atomic mass is 10.1. The number of anilines is 1. The van der Waals surface area contributed by atoms with Crippen LogP contribution in [-0.4, -0.2) is 38.0 Å². The van der Waals surface area contributed by atoms with Crippen molar-refractivity contribution >= 4 is 21.6 Å². The van der Waals surface area contributed by atoms with E-state index in [1.165, 1.54) is 4.31 Å². The summed E-state index contributed by atoms with van der Waals surface area (Å²) in [7, 11) is -3.53. The van der Waals surface area contributed by atoms with E-state index in [9.17, 15) is 13.2 Å². The molecule has 3 rings (SSSR count). The highest BCUT2D eigenvalue weighted by atomic mass is 32.2. The zero-order valence-electron chi connectivity index (χ0n) is 14.4. The third-order valence-electron chi connectivity index (χ3n) is 4.62. The van der Waals surface area contributed by atoms with Gasteiger partial charge in [-0.3, -0.25) is 4.79 Å². The maximum atomic E-state index is 12.8. The molecule has 1 atom stereocenters. The number of hydrogen-bond acceptors (Lipinski definition) is 3. The zero-order valence-corrected chi connectivity index (χ0v) is 15.2.